The van der Waals surface area contributed by atoms with Gasteiger partial charge in [0.1, 0.15) is 5.75 Å². The monoisotopic (exact) mass is 410 g/mol. The number of hydrogen-bond donors (Lipinski definition) is 1. The molecule has 0 aliphatic heterocycles. The highest BCUT2D eigenvalue weighted by molar-refractivity contribution is 7.14. The summed E-state index contributed by atoms with van der Waals surface area (Å²) < 4.78 is 5.70. The number of aromatic nitrogens is 1. The van der Waals surface area contributed by atoms with E-state index in [4.69, 9.17) is 4.74 Å². The van der Waals surface area contributed by atoms with Crippen LogP contribution in [0.15, 0.2) is 59.0 Å². The van der Waals surface area contributed by atoms with Crippen LogP contribution < -0.4 is 10.2 Å². The fraction of sp³-hybridized carbons (Fsp3) is 0.238. The molecular formula is C21H22N4O3S. The van der Waals surface area contributed by atoms with Crippen LogP contribution in [0.5, 0.6) is 5.75 Å². The van der Waals surface area contributed by atoms with Gasteiger partial charge in [-0.1, -0.05) is 19.8 Å². The summed E-state index contributed by atoms with van der Waals surface area (Å²) in [4.78, 5) is 14.8. The van der Waals surface area contributed by atoms with Gasteiger partial charge in [-0.25, -0.2) is 4.98 Å². The summed E-state index contributed by atoms with van der Waals surface area (Å²) >= 11 is 1.42. The topological polar surface area (TPSA) is 89.7 Å². The second-order valence-corrected chi connectivity index (χ2v) is 7.19. The minimum absolute atomic E-state index is 0.0595. The van der Waals surface area contributed by atoms with Crippen molar-refractivity contribution in [2.75, 3.05) is 12.0 Å². The molecule has 1 aromatic heterocycles. The molecule has 8 heteroatoms. The van der Waals surface area contributed by atoms with Crippen LogP contribution in [-0.4, -0.2) is 22.7 Å². The van der Waals surface area contributed by atoms with E-state index in [2.05, 4.69) is 22.4 Å². The second-order valence-electron chi connectivity index (χ2n) is 6.34. The van der Waals surface area contributed by atoms with E-state index < -0.39 is 4.92 Å². The third-order valence-corrected chi connectivity index (χ3v) is 4.90. The van der Waals surface area contributed by atoms with Gasteiger partial charge in [0, 0.05) is 23.1 Å². The van der Waals surface area contributed by atoms with Crippen LogP contribution >= 0.6 is 11.3 Å². The maximum absolute atomic E-state index is 10.7. The molecule has 2 aromatic carbocycles. The van der Waals surface area contributed by atoms with Crippen molar-refractivity contribution in [3.05, 3.63) is 69.6 Å². The molecule has 0 unspecified atom stereocenters. The molecule has 150 valence electrons. The molecule has 29 heavy (non-hydrogen) atoms. The Bertz CT molecular complexity index is 953. The molecule has 0 atom stereocenters. The van der Waals surface area contributed by atoms with E-state index in [-0.39, 0.29) is 5.69 Å². The number of non-ortho nitro benzene ring substituents is 1. The smallest absolute Gasteiger partial charge is 0.269 e. The Hall–Kier alpha value is -3.26. The van der Waals surface area contributed by atoms with E-state index in [0.29, 0.717) is 5.13 Å². The minimum atomic E-state index is -0.419. The van der Waals surface area contributed by atoms with Crippen molar-refractivity contribution < 1.29 is 9.66 Å². The molecule has 0 fully saturated rings. The summed E-state index contributed by atoms with van der Waals surface area (Å²) in [6.07, 6.45) is 5.15. The number of nitrogens with zero attached hydrogens (tertiary/aromatic N) is 3. The van der Waals surface area contributed by atoms with Crippen molar-refractivity contribution in [3.8, 4) is 17.0 Å². The molecule has 0 aliphatic carbocycles. The van der Waals surface area contributed by atoms with Crippen molar-refractivity contribution in [3.63, 3.8) is 0 Å². The van der Waals surface area contributed by atoms with Crippen molar-refractivity contribution in [1.29, 1.82) is 0 Å². The van der Waals surface area contributed by atoms with Gasteiger partial charge >= 0.3 is 0 Å². The summed E-state index contributed by atoms with van der Waals surface area (Å²) in [5.74, 6) is 0.860. The lowest BCUT2D eigenvalue weighted by Gasteiger charge is -2.05. The Morgan fingerprint density at radius 2 is 1.93 bits per heavy atom. The highest BCUT2D eigenvalue weighted by Crippen LogP contribution is 2.26. The normalized spacial score (nSPS) is 10.9. The predicted molar refractivity (Wildman–Crippen MR) is 117 cm³/mol. The molecular weight excluding hydrogens is 388 g/mol. The number of thiazole rings is 1. The van der Waals surface area contributed by atoms with Gasteiger partial charge in [0.05, 0.1) is 23.4 Å². The Morgan fingerprint density at radius 3 is 2.62 bits per heavy atom. The summed E-state index contributed by atoms with van der Waals surface area (Å²) in [5, 5.41) is 17.5. The SMILES string of the molecule is CCCCCOc1ccc(/C=N/Nc2nc(-c3ccc([N+](=O)[O-])cc3)cs2)cc1. The maximum Gasteiger partial charge on any atom is 0.269 e. The van der Waals surface area contributed by atoms with Gasteiger partial charge < -0.3 is 4.74 Å². The number of nitrogens with one attached hydrogen (secondary N) is 1. The average Bonchev–Trinajstić information content (AvgIpc) is 3.21. The van der Waals surface area contributed by atoms with Gasteiger partial charge in [-0.2, -0.15) is 5.10 Å². The molecule has 0 saturated carbocycles. The number of hydrazone groups is 1. The van der Waals surface area contributed by atoms with E-state index in [1.54, 1.807) is 18.3 Å². The molecule has 7 nitrogen and oxygen atoms in total. The first kappa shape index (κ1) is 20.5. The van der Waals surface area contributed by atoms with Crippen molar-refractivity contribution in [2.24, 2.45) is 5.10 Å². The first-order chi connectivity index (χ1) is 14.2. The summed E-state index contributed by atoms with van der Waals surface area (Å²) in [5.41, 5.74) is 5.48. The highest BCUT2D eigenvalue weighted by atomic mass is 32.1. The molecule has 0 radical (unpaired) electrons. The number of anilines is 1. The van der Waals surface area contributed by atoms with Crippen LogP contribution in [0, 0.1) is 10.1 Å². The van der Waals surface area contributed by atoms with E-state index in [9.17, 15) is 10.1 Å². The fourth-order valence-electron chi connectivity index (χ4n) is 2.57. The van der Waals surface area contributed by atoms with Crippen LogP contribution in [0.4, 0.5) is 10.8 Å². The number of rotatable bonds is 10. The van der Waals surface area contributed by atoms with Gasteiger partial charge in [0.15, 0.2) is 0 Å². The maximum atomic E-state index is 10.7. The highest BCUT2D eigenvalue weighted by Gasteiger charge is 2.08. The predicted octanol–water partition coefficient (Wildman–Crippen LogP) is 5.73. The summed E-state index contributed by atoms with van der Waals surface area (Å²) in [6, 6.07) is 14.1. The zero-order valence-electron chi connectivity index (χ0n) is 16.1. The van der Waals surface area contributed by atoms with E-state index in [1.807, 2.05) is 29.6 Å². The van der Waals surface area contributed by atoms with E-state index >= 15 is 0 Å². The van der Waals surface area contributed by atoms with Gasteiger partial charge in [0.2, 0.25) is 5.13 Å². The Morgan fingerprint density at radius 1 is 1.17 bits per heavy atom. The number of hydrogen-bond acceptors (Lipinski definition) is 7. The molecule has 0 aliphatic rings. The number of nitro benzene ring substituents is 1. The van der Waals surface area contributed by atoms with Crippen LogP contribution in [0.3, 0.4) is 0 Å². The summed E-state index contributed by atoms with van der Waals surface area (Å²) in [7, 11) is 0. The average molecular weight is 410 g/mol. The number of ether oxygens (including phenoxy) is 1. The molecule has 0 spiro atoms. The molecule has 1 N–H and O–H groups in total. The first-order valence-electron chi connectivity index (χ1n) is 9.38. The van der Waals surface area contributed by atoms with Crippen LogP contribution in [0.25, 0.3) is 11.3 Å². The second kappa shape index (κ2) is 10.3. The van der Waals surface area contributed by atoms with Gasteiger partial charge in [-0.3, -0.25) is 15.5 Å². The third kappa shape index (κ3) is 6.11. The Labute approximate surface area is 173 Å². The lowest BCUT2D eigenvalue weighted by atomic mass is 10.1. The van der Waals surface area contributed by atoms with E-state index in [1.165, 1.54) is 36.3 Å². The molecule has 3 rings (SSSR count). The van der Waals surface area contributed by atoms with Gasteiger partial charge in [-0.05, 0) is 48.4 Å². The zero-order chi connectivity index (χ0) is 20.5. The molecule has 1 heterocycles. The Balaban J connectivity index is 1.52. The minimum Gasteiger partial charge on any atom is -0.494 e. The van der Waals surface area contributed by atoms with Crippen LogP contribution in [0.1, 0.15) is 31.7 Å². The quantitative estimate of drug-likeness (QED) is 0.199. The first-order valence-corrected chi connectivity index (χ1v) is 10.3. The number of unbranched alkanes of at least 4 members (excludes halogenated alkanes) is 2. The lowest BCUT2D eigenvalue weighted by molar-refractivity contribution is -0.384. The molecule has 3 aromatic rings. The summed E-state index contributed by atoms with van der Waals surface area (Å²) in [6.45, 7) is 2.91. The number of nitro groups is 1. The third-order valence-electron chi connectivity index (χ3n) is 4.15. The van der Waals surface area contributed by atoms with Crippen molar-refractivity contribution in [1.82, 2.24) is 4.98 Å². The number of benzene rings is 2. The van der Waals surface area contributed by atoms with E-state index in [0.717, 1.165) is 35.6 Å². The standard InChI is InChI=1S/C21H22N4O3S/c1-2-3-4-13-28-19-11-5-16(6-12-19)14-22-24-21-23-20(15-29-21)17-7-9-18(10-8-17)25(26)27/h5-12,14-15H,2-4,13H2,1H3,(H,23,24)/b22-14+. The zero-order valence-corrected chi connectivity index (χ0v) is 16.9. The molecule has 0 saturated heterocycles. The van der Waals surface area contributed by atoms with Crippen molar-refractivity contribution in [2.45, 2.75) is 26.2 Å². The van der Waals surface area contributed by atoms with Crippen molar-refractivity contribution >= 4 is 28.4 Å². The van der Waals surface area contributed by atoms with Gasteiger partial charge in [0.25, 0.3) is 5.69 Å². The molecule has 0 bridgehead atoms. The fourth-order valence-corrected chi connectivity index (χ4v) is 3.23. The van der Waals surface area contributed by atoms with Gasteiger partial charge in [-0.15, -0.1) is 11.3 Å². The molecule has 0 amide bonds. The van der Waals surface area contributed by atoms with Crippen LogP contribution in [0.2, 0.25) is 0 Å². The Kier molecular flexibility index (Phi) is 7.29. The lowest BCUT2D eigenvalue weighted by Crippen LogP contribution is -1.97. The van der Waals surface area contributed by atoms with Crippen LogP contribution in [-0.2, 0) is 0 Å². The largest absolute Gasteiger partial charge is 0.494 e.